The van der Waals surface area contributed by atoms with Gasteiger partial charge in [-0.05, 0) is 41.9 Å². The summed E-state index contributed by atoms with van der Waals surface area (Å²) in [6.07, 6.45) is 3.69. The average Bonchev–Trinajstić information content (AvgIpc) is 3.10. The fourth-order valence-electron chi connectivity index (χ4n) is 1.61. The molecule has 0 aliphatic heterocycles. The molecular formula is C12H11N5S. The van der Waals surface area contributed by atoms with Crippen molar-refractivity contribution in [2.75, 3.05) is 5.32 Å². The van der Waals surface area contributed by atoms with Crippen LogP contribution in [0, 0.1) is 0 Å². The summed E-state index contributed by atoms with van der Waals surface area (Å²) in [5, 5.41) is 13.4. The second-order valence-electron chi connectivity index (χ2n) is 3.75. The van der Waals surface area contributed by atoms with Crippen molar-refractivity contribution >= 4 is 17.2 Å². The number of benzene rings is 1. The lowest BCUT2D eigenvalue weighted by atomic mass is 10.3. The second-order valence-corrected chi connectivity index (χ2v) is 4.36. The van der Waals surface area contributed by atoms with Crippen molar-refractivity contribution in [2.24, 2.45) is 0 Å². The van der Waals surface area contributed by atoms with E-state index in [0.29, 0.717) is 6.54 Å². The van der Waals surface area contributed by atoms with Gasteiger partial charge in [-0.3, -0.25) is 0 Å². The zero-order valence-corrected chi connectivity index (χ0v) is 10.3. The van der Waals surface area contributed by atoms with Crippen LogP contribution in [0.15, 0.2) is 48.1 Å². The molecule has 0 fully saturated rings. The number of hydrogen-bond donors (Lipinski definition) is 1. The number of nitrogens with one attached hydrogen (secondary N) is 1. The normalized spacial score (nSPS) is 10.4. The van der Waals surface area contributed by atoms with Crippen LogP contribution in [0.25, 0.3) is 5.69 Å². The second kappa shape index (κ2) is 4.97. The Balaban J connectivity index is 1.68. The van der Waals surface area contributed by atoms with Gasteiger partial charge in [-0.1, -0.05) is 4.49 Å². The summed E-state index contributed by atoms with van der Waals surface area (Å²) >= 11 is 1.36. The van der Waals surface area contributed by atoms with E-state index in [1.807, 2.05) is 46.6 Å². The molecule has 0 aliphatic carbocycles. The number of hydrogen-bond acceptors (Lipinski definition) is 5. The Kier molecular flexibility index (Phi) is 3.01. The predicted molar refractivity (Wildman–Crippen MR) is 70.8 cm³/mol. The fourth-order valence-corrected chi connectivity index (χ4v) is 2.06. The summed E-state index contributed by atoms with van der Waals surface area (Å²) in [5.74, 6) is 0. The van der Waals surface area contributed by atoms with Gasteiger partial charge in [-0.25, -0.2) is 4.68 Å². The van der Waals surface area contributed by atoms with Crippen LogP contribution >= 0.6 is 11.5 Å². The SMILES string of the molecule is c1cnn(-c2ccc(NCc3csnn3)cc2)c1. The van der Waals surface area contributed by atoms with Crippen molar-refractivity contribution in [3.05, 3.63) is 53.8 Å². The van der Waals surface area contributed by atoms with Gasteiger partial charge in [0.1, 0.15) is 0 Å². The van der Waals surface area contributed by atoms with E-state index in [9.17, 15) is 0 Å². The molecule has 0 radical (unpaired) electrons. The highest BCUT2D eigenvalue weighted by Crippen LogP contribution is 2.13. The van der Waals surface area contributed by atoms with Crippen molar-refractivity contribution in [2.45, 2.75) is 6.54 Å². The van der Waals surface area contributed by atoms with Crippen molar-refractivity contribution in [1.29, 1.82) is 0 Å². The smallest absolute Gasteiger partial charge is 0.0946 e. The third kappa shape index (κ3) is 2.38. The van der Waals surface area contributed by atoms with Crippen molar-refractivity contribution in [1.82, 2.24) is 19.4 Å². The first-order valence-corrected chi connectivity index (χ1v) is 6.35. The van der Waals surface area contributed by atoms with Crippen LogP contribution in [0.4, 0.5) is 5.69 Å². The minimum absolute atomic E-state index is 0.692. The highest BCUT2D eigenvalue weighted by atomic mass is 32.1. The predicted octanol–water partition coefficient (Wildman–Crippen LogP) is 2.34. The first-order chi connectivity index (χ1) is 8.92. The van der Waals surface area contributed by atoms with E-state index in [4.69, 9.17) is 0 Å². The zero-order chi connectivity index (χ0) is 12.2. The van der Waals surface area contributed by atoms with E-state index >= 15 is 0 Å². The van der Waals surface area contributed by atoms with Gasteiger partial charge in [0.2, 0.25) is 0 Å². The number of anilines is 1. The average molecular weight is 257 g/mol. The van der Waals surface area contributed by atoms with Gasteiger partial charge < -0.3 is 5.32 Å². The van der Waals surface area contributed by atoms with Crippen LogP contribution in [0.1, 0.15) is 5.69 Å². The molecule has 2 aromatic heterocycles. The third-order valence-corrected chi connectivity index (χ3v) is 3.07. The first kappa shape index (κ1) is 10.9. The molecule has 3 rings (SSSR count). The Morgan fingerprint density at radius 1 is 1.22 bits per heavy atom. The molecule has 1 N–H and O–H groups in total. The molecule has 0 amide bonds. The monoisotopic (exact) mass is 257 g/mol. The third-order valence-electron chi connectivity index (χ3n) is 2.52. The highest BCUT2D eigenvalue weighted by molar-refractivity contribution is 7.03. The van der Waals surface area contributed by atoms with Crippen LogP contribution in [-0.4, -0.2) is 19.4 Å². The topological polar surface area (TPSA) is 55.6 Å². The van der Waals surface area contributed by atoms with Gasteiger partial charge >= 0.3 is 0 Å². The quantitative estimate of drug-likeness (QED) is 0.779. The van der Waals surface area contributed by atoms with Gasteiger partial charge in [0.15, 0.2) is 0 Å². The summed E-state index contributed by atoms with van der Waals surface area (Å²) in [6, 6.07) is 10.00. The lowest BCUT2D eigenvalue weighted by Gasteiger charge is -2.06. The number of aromatic nitrogens is 4. The van der Waals surface area contributed by atoms with E-state index in [1.165, 1.54) is 11.5 Å². The maximum atomic E-state index is 4.18. The highest BCUT2D eigenvalue weighted by Gasteiger charge is 1.98. The van der Waals surface area contributed by atoms with E-state index in [-0.39, 0.29) is 0 Å². The van der Waals surface area contributed by atoms with E-state index in [1.54, 1.807) is 6.20 Å². The standard InChI is InChI=1S/C12H11N5S/c1-6-14-17(7-1)12-4-2-10(3-5-12)13-8-11-9-18-16-15-11/h1-7,9,13H,8H2. The van der Waals surface area contributed by atoms with E-state index < -0.39 is 0 Å². The molecule has 0 aliphatic rings. The van der Waals surface area contributed by atoms with Gasteiger partial charge in [0.25, 0.3) is 0 Å². The summed E-state index contributed by atoms with van der Waals surface area (Å²) in [5.41, 5.74) is 3.05. The summed E-state index contributed by atoms with van der Waals surface area (Å²) < 4.78 is 5.65. The fraction of sp³-hybridized carbons (Fsp3) is 0.0833. The molecule has 0 atom stereocenters. The van der Waals surface area contributed by atoms with Crippen molar-refractivity contribution in [3.8, 4) is 5.69 Å². The minimum atomic E-state index is 0.692. The van der Waals surface area contributed by atoms with Crippen LogP contribution in [-0.2, 0) is 6.54 Å². The minimum Gasteiger partial charge on any atom is -0.379 e. The van der Waals surface area contributed by atoms with Gasteiger partial charge in [-0.15, -0.1) is 5.10 Å². The Hall–Kier alpha value is -2.21. The maximum Gasteiger partial charge on any atom is 0.0946 e. The van der Waals surface area contributed by atoms with E-state index in [0.717, 1.165) is 17.1 Å². The van der Waals surface area contributed by atoms with Crippen LogP contribution in [0.3, 0.4) is 0 Å². The largest absolute Gasteiger partial charge is 0.379 e. The van der Waals surface area contributed by atoms with E-state index in [2.05, 4.69) is 20.0 Å². The van der Waals surface area contributed by atoms with Crippen LogP contribution in [0.5, 0.6) is 0 Å². The molecular weight excluding hydrogens is 246 g/mol. The lowest BCUT2D eigenvalue weighted by molar-refractivity contribution is 0.880. The molecule has 90 valence electrons. The molecule has 3 aromatic rings. The molecule has 2 heterocycles. The Morgan fingerprint density at radius 3 is 2.78 bits per heavy atom. The molecule has 1 aromatic carbocycles. The number of rotatable bonds is 4. The van der Waals surface area contributed by atoms with Gasteiger partial charge in [0, 0.05) is 23.5 Å². The Morgan fingerprint density at radius 2 is 2.11 bits per heavy atom. The molecule has 0 unspecified atom stereocenters. The molecule has 0 saturated carbocycles. The summed E-state index contributed by atoms with van der Waals surface area (Å²) in [6.45, 7) is 0.692. The Bertz CT molecular complexity index is 586. The zero-order valence-electron chi connectivity index (χ0n) is 9.52. The van der Waals surface area contributed by atoms with Gasteiger partial charge in [-0.2, -0.15) is 5.10 Å². The van der Waals surface area contributed by atoms with Gasteiger partial charge in [0.05, 0.1) is 17.9 Å². The number of nitrogens with zero attached hydrogens (tertiary/aromatic N) is 4. The first-order valence-electron chi connectivity index (χ1n) is 5.52. The van der Waals surface area contributed by atoms with Crippen molar-refractivity contribution < 1.29 is 0 Å². The lowest BCUT2D eigenvalue weighted by Crippen LogP contribution is -2.00. The molecule has 0 bridgehead atoms. The maximum absolute atomic E-state index is 4.18. The summed E-state index contributed by atoms with van der Waals surface area (Å²) in [7, 11) is 0. The molecule has 5 nitrogen and oxygen atoms in total. The summed E-state index contributed by atoms with van der Waals surface area (Å²) in [4.78, 5) is 0. The van der Waals surface area contributed by atoms with Crippen LogP contribution in [0.2, 0.25) is 0 Å². The van der Waals surface area contributed by atoms with Crippen molar-refractivity contribution in [3.63, 3.8) is 0 Å². The van der Waals surface area contributed by atoms with Crippen LogP contribution < -0.4 is 5.32 Å². The Labute approximate surface area is 108 Å². The molecule has 6 heteroatoms. The molecule has 0 spiro atoms. The molecule has 18 heavy (non-hydrogen) atoms. The molecule has 0 saturated heterocycles.